The number of rotatable bonds is 1. The van der Waals surface area contributed by atoms with Crippen molar-refractivity contribution in [3.05, 3.63) is 0 Å². The van der Waals surface area contributed by atoms with Gasteiger partial charge in [0.25, 0.3) is 5.91 Å². The Morgan fingerprint density at radius 1 is 1.21 bits per heavy atom. The minimum atomic E-state index is -0.365. The number of piperidine rings is 1. The molecule has 1 unspecified atom stereocenters. The molecule has 110 valence electrons. The molecular formula is C13H23ClN2O3. The van der Waals surface area contributed by atoms with E-state index in [2.05, 4.69) is 5.32 Å². The van der Waals surface area contributed by atoms with Crippen LogP contribution in [-0.2, 0) is 14.3 Å². The van der Waals surface area contributed by atoms with Crippen LogP contribution in [0.5, 0.6) is 0 Å². The van der Waals surface area contributed by atoms with E-state index in [1.54, 1.807) is 0 Å². The van der Waals surface area contributed by atoms with Gasteiger partial charge in [0, 0.05) is 13.1 Å². The first-order valence-electron chi connectivity index (χ1n) is 6.98. The van der Waals surface area contributed by atoms with Gasteiger partial charge in [0.2, 0.25) is 0 Å². The average molecular weight is 291 g/mol. The first kappa shape index (κ1) is 15.0. The largest absolute Gasteiger partial charge is 0.376 e. The summed E-state index contributed by atoms with van der Waals surface area (Å²) in [6, 6.07) is 0. The van der Waals surface area contributed by atoms with Crippen molar-refractivity contribution in [2.45, 2.75) is 25.4 Å². The number of carbonyl (C=O) groups excluding carboxylic acids is 1. The molecule has 1 amide bonds. The zero-order chi connectivity index (χ0) is 12.4. The predicted octanol–water partition coefficient (Wildman–Crippen LogP) is 0.426. The van der Waals surface area contributed by atoms with Crippen molar-refractivity contribution >= 4 is 18.3 Å². The molecule has 3 aliphatic rings. The quantitative estimate of drug-likeness (QED) is 0.761. The van der Waals surface area contributed by atoms with Gasteiger partial charge >= 0.3 is 0 Å². The molecule has 3 rings (SSSR count). The number of likely N-dealkylation sites (tertiary alicyclic amines) is 1. The van der Waals surface area contributed by atoms with Gasteiger partial charge < -0.3 is 19.7 Å². The van der Waals surface area contributed by atoms with Gasteiger partial charge in [-0.15, -0.1) is 12.4 Å². The third-order valence-corrected chi connectivity index (χ3v) is 4.51. The molecule has 3 saturated heterocycles. The maximum atomic E-state index is 12.3. The van der Waals surface area contributed by atoms with Crippen LogP contribution in [0.1, 0.15) is 19.3 Å². The van der Waals surface area contributed by atoms with Crippen molar-refractivity contribution in [2.75, 3.05) is 46.0 Å². The van der Waals surface area contributed by atoms with Crippen molar-refractivity contribution in [3.8, 4) is 0 Å². The Morgan fingerprint density at radius 2 is 2.00 bits per heavy atom. The van der Waals surface area contributed by atoms with Crippen LogP contribution in [0.4, 0.5) is 0 Å². The standard InChI is InChI=1S/C13H22N2O3.ClH/c16-12(11-9-17-7-8-18-11)15-6-3-13(10-15)1-4-14-5-2-13;/h11,14H,1-10H2;1H. The van der Waals surface area contributed by atoms with E-state index in [1.807, 2.05) is 4.90 Å². The van der Waals surface area contributed by atoms with Gasteiger partial charge in [-0.3, -0.25) is 4.79 Å². The van der Waals surface area contributed by atoms with Crippen LogP contribution in [0.25, 0.3) is 0 Å². The molecule has 0 bridgehead atoms. The van der Waals surface area contributed by atoms with Crippen molar-refractivity contribution in [2.24, 2.45) is 5.41 Å². The highest BCUT2D eigenvalue weighted by Crippen LogP contribution is 2.38. The molecule has 0 aromatic rings. The van der Waals surface area contributed by atoms with Gasteiger partial charge in [0.1, 0.15) is 0 Å². The summed E-state index contributed by atoms with van der Waals surface area (Å²) < 4.78 is 10.8. The van der Waals surface area contributed by atoms with E-state index in [1.165, 1.54) is 12.8 Å². The summed E-state index contributed by atoms with van der Waals surface area (Å²) in [7, 11) is 0. The molecule has 0 aliphatic carbocycles. The van der Waals surface area contributed by atoms with E-state index in [4.69, 9.17) is 9.47 Å². The van der Waals surface area contributed by atoms with Crippen molar-refractivity contribution < 1.29 is 14.3 Å². The number of ether oxygens (including phenoxy) is 2. The SMILES string of the molecule is Cl.O=C(C1COCCO1)N1CCC2(CCNCC2)C1. The topological polar surface area (TPSA) is 50.8 Å². The molecule has 0 saturated carbocycles. The summed E-state index contributed by atoms with van der Waals surface area (Å²) in [5.74, 6) is 0.130. The van der Waals surface area contributed by atoms with Gasteiger partial charge in [0.05, 0.1) is 19.8 Å². The Morgan fingerprint density at radius 3 is 2.68 bits per heavy atom. The number of nitrogens with zero attached hydrogens (tertiary/aromatic N) is 1. The lowest BCUT2D eigenvalue weighted by Gasteiger charge is -2.34. The molecule has 1 atom stereocenters. The minimum Gasteiger partial charge on any atom is -0.376 e. The van der Waals surface area contributed by atoms with Gasteiger partial charge in [-0.2, -0.15) is 0 Å². The smallest absolute Gasteiger partial charge is 0.254 e. The fraction of sp³-hybridized carbons (Fsp3) is 0.923. The van der Waals surface area contributed by atoms with Crippen LogP contribution in [0.2, 0.25) is 0 Å². The fourth-order valence-corrected chi connectivity index (χ4v) is 3.32. The van der Waals surface area contributed by atoms with Gasteiger partial charge in [-0.1, -0.05) is 0 Å². The van der Waals surface area contributed by atoms with E-state index in [0.29, 0.717) is 25.2 Å². The Bertz CT molecular complexity index is 315. The molecule has 1 N–H and O–H groups in total. The van der Waals surface area contributed by atoms with E-state index in [-0.39, 0.29) is 24.4 Å². The molecule has 0 aromatic heterocycles. The summed E-state index contributed by atoms with van der Waals surface area (Å²) in [4.78, 5) is 14.3. The number of hydrogen-bond acceptors (Lipinski definition) is 4. The lowest BCUT2D eigenvalue weighted by Crippen LogP contribution is -2.46. The normalized spacial score (nSPS) is 30.1. The zero-order valence-electron chi connectivity index (χ0n) is 11.2. The first-order chi connectivity index (χ1) is 8.79. The van der Waals surface area contributed by atoms with E-state index < -0.39 is 0 Å². The summed E-state index contributed by atoms with van der Waals surface area (Å²) in [5, 5.41) is 3.40. The number of hydrogen-bond donors (Lipinski definition) is 1. The second kappa shape index (κ2) is 6.39. The van der Waals surface area contributed by atoms with Crippen LogP contribution in [-0.4, -0.2) is 62.9 Å². The highest BCUT2D eigenvalue weighted by molar-refractivity contribution is 5.85. The Kier molecular flexibility index (Phi) is 5.06. The number of amides is 1. The molecule has 0 radical (unpaired) electrons. The summed E-state index contributed by atoms with van der Waals surface area (Å²) in [5.41, 5.74) is 0.371. The minimum absolute atomic E-state index is 0. The Hall–Kier alpha value is -0.360. The van der Waals surface area contributed by atoms with Crippen molar-refractivity contribution in [1.82, 2.24) is 10.2 Å². The van der Waals surface area contributed by atoms with E-state index in [9.17, 15) is 4.79 Å². The second-order valence-corrected chi connectivity index (χ2v) is 5.69. The van der Waals surface area contributed by atoms with Crippen LogP contribution in [0.3, 0.4) is 0 Å². The van der Waals surface area contributed by atoms with Crippen LogP contribution >= 0.6 is 12.4 Å². The summed E-state index contributed by atoms with van der Waals surface area (Å²) in [6.07, 6.45) is 3.17. The Balaban J connectivity index is 0.00000133. The molecule has 5 nitrogen and oxygen atoms in total. The van der Waals surface area contributed by atoms with Gasteiger partial charge in [-0.25, -0.2) is 0 Å². The van der Waals surface area contributed by atoms with E-state index >= 15 is 0 Å². The summed E-state index contributed by atoms with van der Waals surface area (Å²) >= 11 is 0. The zero-order valence-corrected chi connectivity index (χ0v) is 12.0. The van der Waals surface area contributed by atoms with Crippen molar-refractivity contribution in [1.29, 1.82) is 0 Å². The molecular weight excluding hydrogens is 268 g/mol. The third-order valence-electron chi connectivity index (χ3n) is 4.51. The maximum absolute atomic E-state index is 12.3. The van der Waals surface area contributed by atoms with Crippen LogP contribution < -0.4 is 5.32 Å². The lowest BCUT2D eigenvalue weighted by molar-refractivity contribution is -0.157. The second-order valence-electron chi connectivity index (χ2n) is 5.69. The van der Waals surface area contributed by atoms with Gasteiger partial charge in [-0.05, 0) is 37.8 Å². The molecule has 3 fully saturated rings. The van der Waals surface area contributed by atoms with E-state index in [0.717, 1.165) is 32.6 Å². The average Bonchev–Trinajstić information content (AvgIpc) is 2.83. The molecule has 19 heavy (non-hydrogen) atoms. The van der Waals surface area contributed by atoms with Crippen molar-refractivity contribution in [3.63, 3.8) is 0 Å². The Labute approximate surface area is 120 Å². The third kappa shape index (κ3) is 3.21. The lowest BCUT2D eigenvalue weighted by atomic mass is 9.78. The number of carbonyl (C=O) groups is 1. The highest BCUT2D eigenvalue weighted by atomic mass is 35.5. The first-order valence-corrected chi connectivity index (χ1v) is 6.98. The summed E-state index contributed by atoms with van der Waals surface area (Å²) in [6.45, 7) is 5.55. The molecule has 1 spiro atoms. The number of nitrogens with one attached hydrogen (secondary N) is 1. The van der Waals surface area contributed by atoms with Gasteiger partial charge in [0.15, 0.2) is 6.10 Å². The fourth-order valence-electron chi connectivity index (χ4n) is 3.32. The predicted molar refractivity (Wildman–Crippen MR) is 73.5 cm³/mol. The maximum Gasteiger partial charge on any atom is 0.254 e. The molecule has 0 aromatic carbocycles. The highest BCUT2D eigenvalue weighted by Gasteiger charge is 2.42. The monoisotopic (exact) mass is 290 g/mol. The molecule has 3 aliphatic heterocycles. The molecule has 3 heterocycles. The van der Waals surface area contributed by atoms with Crippen LogP contribution in [0.15, 0.2) is 0 Å². The molecule has 6 heteroatoms. The number of halogens is 1. The van der Waals surface area contributed by atoms with Crippen LogP contribution in [0, 0.1) is 5.41 Å².